The van der Waals surface area contributed by atoms with Crippen molar-refractivity contribution >= 4 is 5.78 Å². The molecule has 0 bridgehead atoms. The van der Waals surface area contributed by atoms with Gasteiger partial charge in [0.1, 0.15) is 11.6 Å². The van der Waals surface area contributed by atoms with Crippen molar-refractivity contribution < 1.29 is 9.18 Å². The van der Waals surface area contributed by atoms with Gasteiger partial charge in [-0.1, -0.05) is 18.2 Å². The van der Waals surface area contributed by atoms with E-state index in [-0.39, 0.29) is 23.4 Å². The van der Waals surface area contributed by atoms with Crippen LogP contribution < -0.4 is 5.73 Å². The molecule has 1 aromatic rings. The van der Waals surface area contributed by atoms with E-state index in [1.165, 1.54) is 6.07 Å². The number of rotatable bonds is 4. The summed E-state index contributed by atoms with van der Waals surface area (Å²) in [5.74, 6) is -0.228. The largest absolute Gasteiger partial charge is 0.329 e. The van der Waals surface area contributed by atoms with Crippen LogP contribution in [0.1, 0.15) is 18.4 Å². The van der Waals surface area contributed by atoms with Crippen LogP contribution in [0.5, 0.6) is 0 Å². The van der Waals surface area contributed by atoms with Crippen LogP contribution in [0.4, 0.5) is 4.39 Å². The molecule has 1 fully saturated rings. The quantitative estimate of drug-likeness (QED) is 0.816. The maximum absolute atomic E-state index is 13.3. The second-order valence-electron chi connectivity index (χ2n) is 4.18. The Balaban J connectivity index is 2.10. The predicted octanol–water partition coefficient (Wildman–Crippen LogP) is 1.68. The summed E-state index contributed by atoms with van der Waals surface area (Å²) in [6.07, 6.45) is 1.89. The Labute approximate surface area is 88.3 Å². The van der Waals surface area contributed by atoms with Crippen molar-refractivity contribution in [3.8, 4) is 0 Å². The maximum atomic E-state index is 13.3. The van der Waals surface area contributed by atoms with Crippen molar-refractivity contribution in [3.05, 3.63) is 35.6 Å². The van der Waals surface area contributed by atoms with Crippen LogP contribution in [-0.2, 0) is 11.2 Å². The fraction of sp³-hybridized carbons (Fsp3) is 0.417. The van der Waals surface area contributed by atoms with E-state index in [0.29, 0.717) is 12.1 Å². The van der Waals surface area contributed by atoms with E-state index in [1.54, 1.807) is 18.2 Å². The van der Waals surface area contributed by atoms with E-state index < -0.39 is 0 Å². The molecule has 0 unspecified atom stereocenters. The predicted molar refractivity (Wildman–Crippen MR) is 55.8 cm³/mol. The van der Waals surface area contributed by atoms with E-state index in [1.807, 2.05) is 0 Å². The van der Waals surface area contributed by atoms with Gasteiger partial charge in [0.25, 0.3) is 0 Å². The molecule has 0 aromatic heterocycles. The lowest BCUT2D eigenvalue weighted by molar-refractivity contribution is -0.123. The minimum atomic E-state index is -0.331. The summed E-state index contributed by atoms with van der Waals surface area (Å²) in [6, 6.07) is 6.40. The number of carbonyl (C=O) groups excluding carboxylic acids is 1. The number of carbonyl (C=O) groups is 1. The molecule has 80 valence electrons. The molecule has 0 heterocycles. The zero-order valence-corrected chi connectivity index (χ0v) is 8.50. The minimum absolute atomic E-state index is 0.0788. The molecular weight excluding hydrogens is 193 g/mol. The summed E-state index contributed by atoms with van der Waals surface area (Å²) in [6.45, 7) is 0.389. The number of halogens is 1. The van der Waals surface area contributed by atoms with E-state index >= 15 is 0 Å². The molecule has 0 atom stereocenters. The summed E-state index contributed by atoms with van der Waals surface area (Å²) in [5, 5.41) is 0. The maximum Gasteiger partial charge on any atom is 0.144 e. The first-order valence-electron chi connectivity index (χ1n) is 5.15. The second-order valence-corrected chi connectivity index (χ2v) is 4.18. The van der Waals surface area contributed by atoms with Crippen LogP contribution in [0.2, 0.25) is 0 Å². The van der Waals surface area contributed by atoms with Gasteiger partial charge in [0.15, 0.2) is 0 Å². The Kier molecular flexibility index (Phi) is 2.57. The van der Waals surface area contributed by atoms with Gasteiger partial charge >= 0.3 is 0 Å². The Morgan fingerprint density at radius 1 is 1.40 bits per heavy atom. The molecule has 2 rings (SSSR count). The molecule has 1 aliphatic rings. The van der Waals surface area contributed by atoms with Crippen LogP contribution in [0.3, 0.4) is 0 Å². The van der Waals surface area contributed by atoms with Gasteiger partial charge in [-0.3, -0.25) is 4.79 Å². The molecule has 0 aliphatic heterocycles. The number of Topliss-reactive ketones (excluding diaryl/α,β-unsaturated/α-hetero) is 1. The molecule has 0 amide bonds. The molecule has 2 nitrogen and oxygen atoms in total. The highest BCUT2D eigenvalue weighted by Gasteiger charge is 2.47. The molecule has 1 aromatic carbocycles. The van der Waals surface area contributed by atoms with E-state index in [0.717, 1.165) is 12.8 Å². The number of hydrogen-bond acceptors (Lipinski definition) is 2. The summed E-state index contributed by atoms with van der Waals surface area (Å²) in [5.41, 5.74) is 5.69. The Hall–Kier alpha value is -1.22. The van der Waals surface area contributed by atoms with Crippen LogP contribution in [0, 0.1) is 11.2 Å². The average molecular weight is 207 g/mol. The normalized spacial score (nSPS) is 17.5. The third kappa shape index (κ3) is 1.92. The third-order valence-corrected chi connectivity index (χ3v) is 3.14. The topological polar surface area (TPSA) is 43.1 Å². The van der Waals surface area contributed by atoms with E-state index in [9.17, 15) is 9.18 Å². The Morgan fingerprint density at radius 3 is 2.60 bits per heavy atom. The first-order valence-corrected chi connectivity index (χ1v) is 5.15. The highest BCUT2D eigenvalue weighted by Crippen LogP contribution is 2.46. The molecule has 0 saturated heterocycles. The van der Waals surface area contributed by atoms with Gasteiger partial charge < -0.3 is 5.73 Å². The molecule has 2 N–H and O–H groups in total. The molecule has 15 heavy (non-hydrogen) atoms. The molecule has 0 spiro atoms. The molecule has 1 aliphatic carbocycles. The number of ketones is 1. The monoisotopic (exact) mass is 207 g/mol. The lowest BCUT2D eigenvalue weighted by atomic mass is 9.95. The van der Waals surface area contributed by atoms with Crippen LogP contribution >= 0.6 is 0 Å². The van der Waals surface area contributed by atoms with Gasteiger partial charge in [-0.15, -0.1) is 0 Å². The zero-order valence-electron chi connectivity index (χ0n) is 8.50. The fourth-order valence-electron chi connectivity index (χ4n) is 1.75. The van der Waals surface area contributed by atoms with Crippen LogP contribution in [0.25, 0.3) is 0 Å². The van der Waals surface area contributed by atoms with Gasteiger partial charge in [0, 0.05) is 18.4 Å². The van der Waals surface area contributed by atoms with Crippen molar-refractivity contribution in [2.45, 2.75) is 19.3 Å². The van der Waals surface area contributed by atoms with Gasteiger partial charge in [-0.05, 0) is 24.5 Å². The first-order chi connectivity index (χ1) is 7.18. The van der Waals surface area contributed by atoms with Crippen LogP contribution in [-0.4, -0.2) is 12.3 Å². The van der Waals surface area contributed by atoms with Crippen molar-refractivity contribution in [1.82, 2.24) is 0 Å². The smallest absolute Gasteiger partial charge is 0.144 e. The summed E-state index contributed by atoms with van der Waals surface area (Å²) in [4.78, 5) is 11.8. The van der Waals surface area contributed by atoms with E-state index in [2.05, 4.69) is 0 Å². The van der Waals surface area contributed by atoms with Gasteiger partial charge in [0.2, 0.25) is 0 Å². The standard InChI is InChI=1S/C12H14FNO/c13-10-4-2-1-3-9(10)7-11(15)12(8-14)5-6-12/h1-4H,5-8,14H2. The summed E-state index contributed by atoms with van der Waals surface area (Å²) < 4.78 is 13.3. The van der Waals surface area contributed by atoms with Crippen molar-refractivity contribution in [3.63, 3.8) is 0 Å². The van der Waals surface area contributed by atoms with Crippen molar-refractivity contribution in [2.24, 2.45) is 11.1 Å². The van der Waals surface area contributed by atoms with Crippen LogP contribution in [0.15, 0.2) is 24.3 Å². The zero-order chi connectivity index (χ0) is 10.9. The van der Waals surface area contributed by atoms with E-state index in [4.69, 9.17) is 5.73 Å². The van der Waals surface area contributed by atoms with Gasteiger partial charge in [-0.25, -0.2) is 4.39 Å². The summed E-state index contributed by atoms with van der Waals surface area (Å²) >= 11 is 0. The van der Waals surface area contributed by atoms with Gasteiger partial charge in [-0.2, -0.15) is 0 Å². The van der Waals surface area contributed by atoms with Crippen molar-refractivity contribution in [1.29, 1.82) is 0 Å². The summed E-state index contributed by atoms with van der Waals surface area (Å²) in [7, 11) is 0. The minimum Gasteiger partial charge on any atom is -0.329 e. The second kappa shape index (κ2) is 3.74. The molecule has 0 radical (unpaired) electrons. The Bertz CT molecular complexity index is 385. The number of benzene rings is 1. The third-order valence-electron chi connectivity index (χ3n) is 3.14. The number of nitrogens with two attached hydrogens (primary N) is 1. The lowest BCUT2D eigenvalue weighted by Gasteiger charge is -2.10. The molecule has 3 heteroatoms. The Morgan fingerprint density at radius 2 is 2.07 bits per heavy atom. The highest BCUT2D eigenvalue weighted by atomic mass is 19.1. The highest BCUT2D eigenvalue weighted by molar-refractivity contribution is 5.89. The molecular formula is C12H14FNO. The van der Waals surface area contributed by atoms with Gasteiger partial charge in [0.05, 0.1) is 0 Å². The average Bonchev–Trinajstić information content (AvgIpc) is 3.02. The van der Waals surface area contributed by atoms with Crippen molar-refractivity contribution in [2.75, 3.05) is 6.54 Å². The number of hydrogen-bond donors (Lipinski definition) is 1. The lowest BCUT2D eigenvalue weighted by Crippen LogP contribution is -2.26. The SMILES string of the molecule is NCC1(C(=O)Cc2ccccc2F)CC1. The fourth-order valence-corrected chi connectivity index (χ4v) is 1.75. The first kappa shape index (κ1) is 10.3. The molecule has 1 saturated carbocycles.